The number of hydrogen-bond donors (Lipinski definition) is 2. The van der Waals surface area contributed by atoms with Gasteiger partial charge in [-0.2, -0.15) is 0 Å². The third kappa shape index (κ3) is 2.19. The Labute approximate surface area is 119 Å². The summed E-state index contributed by atoms with van der Waals surface area (Å²) in [7, 11) is 0. The average Bonchev–Trinajstić information content (AvgIpc) is 2.68. The molecule has 0 aromatic carbocycles. The van der Waals surface area contributed by atoms with Crippen molar-refractivity contribution in [1.29, 1.82) is 0 Å². The minimum absolute atomic E-state index is 0.0985. The Balaban J connectivity index is 2.47. The Morgan fingerprint density at radius 1 is 1.60 bits per heavy atom. The summed E-state index contributed by atoms with van der Waals surface area (Å²) in [6.45, 7) is 2.61. The highest BCUT2D eigenvalue weighted by molar-refractivity contribution is 6.18. The Hall–Kier alpha value is -1.18. The quantitative estimate of drug-likeness (QED) is 0.788. The number of aliphatic hydroxyl groups is 1. The number of nitrogens with one attached hydrogen (secondary N) is 1. The molecule has 4 atom stereocenters. The van der Waals surface area contributed by atoms with Crippen molar-refractivity contribution >= 4 is 11.6 Å². The maximum Gasteiger partial charge on any atom is 0.330 e. The third-order valence-electron chi connectivity index (χ3n) is 3.85. The Morgan fingerprint density at radius 2 is 2.25 bits per heavy atom. The molecule has 0 radical (unpaired) electrons. The van der Waals surface area contributed by atoms with Crippen molar-refractivity contribution in [2.45, 2.75) is 31.8 Å². The first-order valence-electron chi connectivity index (χ1n) is 6.17. The number of aromatic amines is 1. The van der Waals surface area contributed by atoms with E-state index in [4.69, 9.17) is 16.3 Å². The maximum absolute atomic E-state index is 14.4. The van der Waals surface area contributed by atoms with E-state index in [2.05, 4.69) is 4.98 Å². The lowest BCUT2D eigenvalue weighted by atomic mass is 9.90. The van der Waals surface area contributed by atoms with Crippen LogP contribution in [-0.2, 0) is 4.74 Å². The highest BCUT2D eigenvalue weighted by Gasteiger charge is 2.53. The van der Waals surface area contributed by atoms with Crippen LogP contribution >= 0.6 is 11.6 Å². The number of alkyl halides is 2. The van der Waals surface area contributed by atoms with E-state index < -0.39 is 41.8 Å². The first-order chi connectivity index (χ1) is 9.36. The first kappa shape index (κ1) is 15.2. The fourth-order valence-corrected chi connectivity index (χ4v) is 2.70. The molecule has 6 nitrogen and oxygen atoms in total. The number of aryl methyl sites for hydroxylation is 1. The zero-order valence-corrected chi connectivity index (χ0v) is 11.9. The second kappa shape index (κ2) is 5.31. The summed E-state index contributed by atoms with van der Waals surface area (Å²) in [6.07, 6.45) is -1.50. The molecular weight excluding hydrogens is 291 g/mol. The van der Waals surface area contributed by atoms with Gasteiger partial charge in [-0.25, -0.2) is 9.18 Å². The highest BCUT2D eigenvalue weighted by Crippen LogP contribution is 2.43. The van der Waals surface area contributed by atoms with Gasteiger partial charge in [0.1, 0.15) is 5.60 Å². The Morgan fingerprint density at radius 3 is 2.75 bits per heavy atom. The van der Waals surface area contributed by atoms with Gasteiger partial charge in [-0.3, -0.25) is 14.3 Å². The summed E-state index contributed by atoms with van der Waals surface area (Å²) >= 11 is 5.78. The molecule has 1 saturated heterocycles. The van der Waals surface area contributed by atoms with Crippen LogP contribution in [0.25, 0.3) is 0 Å². The van der Waals surface area contributed by atoms with Crippen LogP contribution in [0.2, 0.25) is 0 Å². The predicted molar refractivity (Wildman–Crippen MR) is 70.8 cm³/mol. The molecule has 2 heterocycles. The molecule has 1 aromatic heterocycles. The van der Waals surface area contributed by atoms with E-state index in [-0.39, 0.29) is 11.4 Å². The summed E-state index contributed by atoms with van der Waals surface area (Å²) in [5.41, 5.74) is -2.27. The van der Waals surface area contributed by atoms with Crippen molar-refractivity contribution < 1.29 is 14.2 Å². The zero-order chi connectivity index (χ0) is 15.1. The number of aliphatic hydroxyl groups excluding tert-OH is 1. The lowest BCUT2D eigenvalue weighted by Crippen LogP contribution is -2.42. The molecule has 2 rings (SSSR count). The van der Waals surface area contributed by atoms with Crippen molar-refractivity contribution in [2.24, 2.45) is 5.92 Å². The first-order valence-corrected chi connectivity index (χ1v) is 6.70. The van der Waals surface area contributed by atoms with E-state index in [1.54, 1.807) is 6.92 Å². The van der Waals surface area contributed by atoms with Crippen LogP contribution in [0.3, 0.4) is 0 Å². The third-order valence-corrected chi connectivity index (χ3v) is 4.30. The van der Waals surface area contributed by atoms with Gasteiger partial charge >= 0.3 is 5.69 Å². The molecule has 1 aliphatic heterocycles. The van der Waals surface area contributed by atoms with Crippen LogP contribution in [0.1, 0.15) is 18.7 Å². The Bertz CT molecular complexity index is 610. The standard InChI is InChI=1S/C12H16ClFN2O4/c1-6-3-16(11(19)15-9(6)18)10-8(14)7(2)12(4-13,5-17)20-10/h3,7-8,10,17H,4-5H2,1-2H3,(H,15,18,19)/t7-,8+,10+,12+/m0/s1. The van der Waals surface area contributed by atoms with Gasteiger partial charge in [0.15, 0.2) is 12.4 Å². The monoisotopic (exact) mass is 306 g/mol. The van der Waals surface area contributed by atoms with Crippen molar-refractivity contribution in [3.63, 3.8) is 0 Å². The van der Waals surface area contributed by atoms with Gasteiger partial charge in [0.2, 0.25) is 0 Å². The molecule has 20 heavy (non-hydrogen) atoms. The fraction of sp³-hybridized carbons (Fsp3) is 0.667. The average molecular weight is 307 g/mol. The number of hydrogen-bond acceptors (Lipinski definition) is 4. The second-order valence-corrected chi connectivity index (χ2v) is 5.34. The van der Waals surface area contributed by atoms with Crippen molar-refractivity contribution in [3.05, 3.63) is 32.6 Å². The lowest BCUT2D eigenvalue weighted by molar-refractivity contribution is -0.101. The molecule has 8 heteroatoms. The summed E-state index contributed by atoms with van der Waals surface area (Å²) in [5.74, 6) is -0.785. The number of nitrogens with zero attached hydrogens (tertiary/aromatic N) is 1. The minimum Gasteiger partial charge on any atom is -0.393 e. The van der Waals surface area contributed by atoms with Gasteiger partial charge in [0.25, 0.3) is 5.56 Å². The van der Waals surface area contributed by atoms with Gasteiger partial charge in [0.05, 0.1) is 12.5 Å². The lowest BCUT2D eigenvalue weighted by Gasteiger charge is -2.28. The van der Waals surface area contributed by atoms with Crippen LogP contribution < -0.4 is 11.2 Å². The molecule has 0 unspecified atom stereocenters. The maximum atomic E-state index is 14.4. The molecule has 112 valence electrons. The van der Waals surface area contributed by atoms with Crippen molar-refractivity contribution in [3.8, 4) is 0 Å². The number of aromatic nitrogens is 2. The summed E-state index contributed by atoms with van der Waals surface area (Å²) in [5, 5.41) is 9.42. The van der Waals surface area contributed by atoms with Crippen molar-refractivity contribution in [1.82, 2.24) is 9.55 Å². The summed E-state index contributed by atoms with van der Waals surface area (Å²) in [6, 6.07) is 0. The molecule has 0 amide bonds. The van der Waals surface area contributed by atoms with Gasteiger partial charge in [-0.05, 0) is 6.92 Å². The minimum atomic E-state index is -1.52. The molecule has 0 aliphatic carbocycles. The molecule has 0 spiro atoms. The predicted octanol–water partition coefficient (Wildman–Crippen LogP) is 0.318. The van der Waals surface area contributed by atoms with Gasteiger partial charge < -0.3 is 9.84 Å². The van der Waals surface area contributed by atoms with Gasteiger partial charge in [-0.1, -0.05) is 6.92 Å². The number of ether oxygens (including phenoxy) is 1. The van der Waals surface area contributed by atoms with Crippen LogP contribution in [0.15, 0.2) is 15.8 Å². The van der Waals surface area contributed by atoms with Crippen molar-refractivity contribution in [2.75, 3.05) is 12.5 Å². The van der Waals surface area contributed by atoms with Gasteiger partial charge in [-0.15, -0.1) is 11.6 Å². The van der Waals surface area contributed by atoms with Crippen LogP contribution in [0, 0.1) is 12.8 Å². The fourth-order valence-electron chi connectivity index (χ4n) is 2.31. The SMILES string of the molecule is Cc1cn([C@@H]2O[C@@](CO)(CCl)[C@@H](C)[C@H]2F)c(=O)[nH]c1=O. The van der Waals surface area contributed by atoms with E-state index in [1.165, 1.54) is 13.1 Å². The summed E-state index contributed by atoms with van der Waals surface area (Å²) in [4.78, 5) is 25.2. The van der Waals surface area contributed by atoms with E-state index in [0.717, 1.165) is 4.57 Å². The number of H-pyrrole nitrogens is 1. The molecule has 2 N–H and O–H groups in total. The number of rotatable bonds is 3. The Kier molecular flexibility index (Phi) is 4.04. The van der Waals surface area contributed by atoms with Gasteiger partial charge in [0, 0.05) is 17.7 Å². The largest absolute Gasteiger partial charge is 0.393 e. The molecule has 0 bridgehead atoms. The molecule has 1 aromatic rings. The normalized spacial score (nSPS) is 33.5. The second-order valence-electron chi connectivity index (χ2n) is 5.08. The van der Waals surface area contributed by atoms with Crippen LogP contribution in [0.5, 0.6) is 0 Å². The number of halogens is 2. The zero-order valence-electron chi connectivity index (χ0n) is 11.1. The van der Waals surface area contributed by atoms with E-state index in [1.807, 2.05) is 0 Å². The smallest absolute Gasteiger partial charge is 0.330 e. The highest BCUT2D eigenvalue weighted by atomic mass is 35.5. The van der Waals surface area contributed by atoms with E-state index in [0.29, 0.717) is 0 Å². The van der Waals surface area contributed by atoms with E-state index >= 15 is 0 Å². The topological polar surface area (TPSA) is 84.3 Å². The molecule has 0 saturated carbocycles. The molecule has 1 fully saturated rings. The molecule has 1 aliphatic rings. The molecular formula is C12H16ClFN2O4. The van der Waals surface area contributed by atoms with Crippen LogP contribution in [-0.4, -0.2) is 38.9 Å². The van der Waals surface area contributed by atoms with Crippen LogP contribution in [0.4, 0.5) is 4.39 Å². The summed E-state index contributed by atoms with van der Waals surface area (Å²) < 4.78 is 20.9. The van der Waals surface area contributed by atoms with E-state index in [9.17, 15) is 19.1 Å².